The van der Waals surface area contributed by atoms with Gasteiger partial charge in [-0.15, -0.1) is 0 Å². The molecule has 0 radical (unpaired) electrons. The molecule has 1 atom stereocenters. The Kier molecular flexibility index (Phi) is 4.35. The molecule has 122 valence electrons. The number of aromatic nitrogens is 1. The van der Waals surface area contributed by atoms with Gasteiger partial charge in [-0.2, -0.15) is 0 Å². The van der Waals surface area contributed by atoms with Crippen LogP contribution in [0.4, 0.5) is 5.69 Å². The minimum atomic E-state index is -2.95. The van der Waals surface area contributed by atoms with Gasteiger partial charge < -0.3 is 5.32 Å². The third-order valence-corrected chi connectivity index (χ3v) is 6.04. The number of para-hydroxylation sites is 1. The van der Waals surface area contributed by atoms with Gasteiger partial charge in [0.25, 0.3) is 0 Å². The Hall–Kier alpha value is -1.95. The molecule has 2 heterocycles. The van der Waals surface area contributed by atoms with Crippen LogP contribution in [0.1, 0.15) is 25.5 Å². The lowest BCUT2D eigenvalue weighted by Gasteiger charge is -2.12. The number of sulfone groups is 1. The average molecular weight is 332 g/mol. The second-order valence-corrected chi connectivity index (χ2v) is 8.28. The summed E-state index contributed by atoms with van der Waals surface area (Å²) in [7, 11) is -2.95. The van der Waals surface area contributed by atoms with Gasteiger partial charge in [-0.3, -0.25) is 9.78 Å². The summed E-state index contributed by atoms with van der Waals surface area (Å²) in [5.74, 6) is 0.116. The maximum Gasteiger partial charge on any atom is 0.224 e. The van der Waals surface area contributed by atoms with E-state index < -0.39 is 9.84 Å². The normalized spacial score (nSPS) is 19.8. The molecule has 6 heteroatoms. The van der Waals surface area contributed by atoms with Crippen LogP contribution < -0.4 is 5.32 Å². The smallest absolute Gasteiger partial charge is 0.224 e. The fraction of sp³-hybridized carbons (Fsp3) is 0.412. The summed E-state index contributed by atoms with van der Waals surface area (Å²) in [6.45, 7) is 2.02. The molecule has 0 aliphatic carbocycles. The predicted molar refractivity (Wildman–Crippen MR) is 91.1 cm³/mol. The highest BCUT2D eigenvalue weighted by Crippen LogP contribution is 2.26. The van der Waals surface area contributed by atoms with E-state index in [4.69, 9.17) is 0 Å². The van der Waals surface area contributed by atoms with Crippen LogP contribution in [0.2, 0.25) is 0 Å². The van der Waals surface area contributed by atoms with Crippen LogP contribution in [0, 0.1) is 5.92 Å². The first-order chi connectivity index (χ1) is 11.0. The van der Waals surface area contributed by atoms with Gasteiger partial charge in [0.05, 0.1) is 22.7 Å². The van der Waals surface area contributed by atoms with Crippen LogP contribution in [0.5, 0.6) is 0 Å². The molecular formula is C17H20N2O3S. The van der Waals surface area contributed by atoms with Crippen molar-refractivity contribution in [2.45, 2.75) is 26.2 Å². The summed E-state index contributed by atoms with van der Waals surface area (Å²) >= 11 is 0. The lowest BCUT2D eigenvalue weighted by molar-refractivity contribution is -0.116. The van der Waals surface area contributed by atoms with Crippen molar-refractivity contribution in [2.75, 3.05) is 16.8 Å². The maximum atomic E-state index is 12.3. The number of carbonyl (C=O) groups is 1. The molecule has 1 unspecified atom stereocenters. The zero-order chi connectivity index (χ0) is 16.4. The Bertz CT molecular complexity index is 846. The van der Waals surface area contributed by atoms with Crippen LogP contribution in [-0.2, 0) is 21.1 Å². The first kappa shape index (κ1) is 15.9. The molecule has 5 nitrogen and oxygen atoms in total. The van der Waals surface area contributed by atoms with E-state index in [1.54, 1.807) is 0 Å². The third kappa shape index (κ3) is 3.69. The largest absolute Gasteiger partial charge is 0.325 e. The van der Waals surface area contributed by atoms with Crippen molar-refractivity contribution < 1.29 is 13.2 Å². The Morgan fingerprint density at radius 2 is 2.13 bits per heavy atom. The number of nitrogens with zero attached hydrogens (tertiary/aromatic N) is 1. The average Bonchev–Trinajstić information content (AvgIpc) is 2.85. The molecule has 0 bridgehead atoms. The Morgan fingerprint density at radius 1 is 1.35 bits per heavy atom. The summed E-state index contributed by atoms with van der Waals surface area (Å²) in [5.41, 5.74) is 2.52. The minimum Gasteiger partial charge on any atom is -0.325 e. The second-order valence-electron chi connectivity index (χ2n) is 6.05. The van der Waals surface area contributed by atoms with Crippen LogP contribution in [-0.4, -0.2) is 30.8 Å². The summed E-state index contributed by atoms with van der Waals surface area (Å²) in [6.07, 6.45) is 1.61. The SMILES string of the molecule is CCc1cc(NC(=O)CC2CCS(=O)(=O)C2)c2ccccc2n1. The molecule has 1 saturated heterocycles. The van der Waals surface area contributed by atoms with E-state index in [9.17, 15) is 13.2 Å². The molecule has 2 aromatic rings. The molecule has 1 aliphatic rings. The molecular weight excluding hydrogens is 312 g/mol. The van der Waals surface area contributed by atoms with Crippen LogP contribution in [0.3, 0.4) is 0 Å². The Labute approximate surface area is 136 Å². The van der Waals surface area contributed by atoms with Gasteiger partial charge in [-0.05, 0) is 30.9 Å². The molecule has 1 aromatic heterocycles. The lowest BCUT2D eigenvalue weighted by atomic mass is 10.0. The first-order valence-electron chi connectivity index (χ1n) is 7.86. The van der Waals surface area contributed by atoms with Crippen molar-refractivity contribution in [1.29, 1.82) is 0 Å². The number of aryl methyl sites for hydroxylation is 1. The van der Waals surface area contributed by atoms with Crippen molar-refractivity contribution in [3.05, 3.63) is 36.0 Å². The molecule has 0 spiro atoms. The van der Waals surface area contributed by atoms with Gasteiger partial charge >= 0.3 is 0 Å². The van der Waals surface area contributed by atoms with E-state index >= 15 is 0 Å². The maximum absolute atomic E-state index is 12.3. The number of anilines is 1. The van der Waals surface area contributed by atoms with Gasteiger partial charge in [0.2, 0.25) is 5.91 Å². The number of pyridine rings is 1. The number of amides is 1. The van der Waals surface area contributed by atoms with Crippen LogP contribution in [0.15, 0.2) is 30.3 Å². The van der Waals surface area contributed by atoms with Crippen LogP contribution >= 0.6 is 0 Å². The second kappa shape index (κ2) is 6.28. The van der Waals surface area contributed by atoms with Gasteiger partial charge in [0, 0.05) is 17.5 Å². The summed E-state index contributed by atoms with van der Waals surface area (Å²) in [4.78, 5) is 16.8. The van der Waals surface area contributed by atoms with Gasteiger partial charge in [-0.25, -0.2) is 8.42 Å². The zero-order valence-corrected chi connectivity index (χ0v) is 13.9. The van der Waals surface area contributed by atoms with E-state index in [2.05, 4.69) is 10.3 Å². The zero-order valence-electron chi connectivity index (χ0n) is 13.1. The Morgan fingerprint density at radius 3 is 2.83 bits per heavy atom. The molecule has 1 amide bonds. The highest BCUT2D eigenvalue weighted by Gasteiger charge is 2.29. The highest BCUT2D eigenvalue weighted by molar-refractivity contribution is 7.91. The number of carbonyl (C=O) groups excluding carboxylic acids is 1. The quantitative estimate of drug-likeness (QED) is 0.933. The van der Waals surface area contributed by atoms with E-state index in [-0.39, 0.29) is 29.8 Å². The predicted octanol–water partition coefficient (Wildman–Crippen LogP) is 2.56. The van der Waals surface area contributed by atoms with Gasteiger partial charge in [0.1, 0.15) is 0 Å². The number of benzene rings is 1. The number of hydrogen-bond acceptors (Lipinski definition) is 4. The van der Waals surface area contributed by atoms with Crippen molar-refractivity contribution in [3.8, 4) is 0 Å². The lowest BCUT2D eigenvalue weighted by Crippen LogP contribution is -2.17. The molecule has 0 saturated carbocycles. The first-order valence-corrected chi connectivity index (χ1v) is 9.68. The van der Waals surface area contributed by atoms with Gasteiger partial charge in [0.15, 0.2) is 9.84 Å². The van der Waals surface area contributed by atoms with E-state index in [1.807, 2.05) is 37.3 Å². The molecule has 23 heavy (non-hydrogen) atoms. The summed E-state index contributed by atoms with van der Waals surface area (Å²) in [6, 6.07) is 9.58. The molecule has 1 aromatic carbocycles. The summed E-state index contributed by atoms with van der Waals surface area (Å²) < 4.78 is 23.0. The number of hydrogen-bond donors (Lipinski definition) is 1. The highest BCUT2D eigenvalue weighted by atomic mass is 32.2. The molecule has 1 aliphatic heterocycles. The van der Waals surface area contributed by atoms with Gasteiger partial charge in [-0.1, -0.05) is 25.1 Å². The molecule has 3 rings (SSSR count). The van der Waals surface area contributed by atoms with Crippen LogP contribution in [0.25, 0.3) is 10.9 Å². The van der Waals surface area contributed by atoms with Crippen molar-refractivity contribution in [2.24, 2.45) is 5.92 Å². The minimum absolute atomic E-state index is 0.0706. The Balaban J connectivity index is 1.79. The standard InChI is InChI=1S/C17H20N2O3S/c1-2-13-10-16(14-5-3-4-6-15(14)18-13)19-17(20)9-12-7-8-23(21,22)11-12/h3-6,10,12H,2,7-9,11H2,1H3,(H,18,19,20). The van der Waals surface area contributed by atoms with E-state index in [0.29, 0.717) is 6.42 Å². The summed E-state index contributed by atoms with van der Waals surface area (Å²) in [5, 5.41) is 3.84. The number of fused-ring (bicyclic) bond motifs is 1. The topological polar surface area (TPSA) is 76.1 Å². The van der Waals surface area contributed by atoms with Crippen molar-refractivity contribution >= 4 is 32.3 Å². The van der Waals surface area contributed by atoms with Crippen molar-refractivity contribution in [3.63, 3.8) is 0 Å². The third-order valence-electron chi connectivity index (χ3n) is 4.21. The van der Waals surface area contributed by atoms with Crippen molar-refractivity contribution in [1.82, 2.24) is 4.98 Å². The van der Waals surface area contributed by atoms with E-state index in [0.717, 1.165) is 28.7 Å². The monoisotopic (exact) mass is 332 g/mol. The van der Waals surface area contributed by atoms with E-state index in [1.165, 1.54) is 0 Å². The number of rotatable bonds is 4. The fourth-order valence-electron chi connectivity index (χ4n) is 3.01. The molecule has 1 fully saturated rings. The number of nitrogens with one attached hydrogen (secondary N) is 1. The molecule has 1 N–H and O–H groups in total. The fourth-order valence-corrected chi connectivity index (χ4v) is 4.87.